The minimum absolute atomic E-state index is 0.0131. The highest BCUT2D eigenvalue weighted by Gasteiger charge is 2.51. The van der Waals surface area contributed by atoms with Crippen LogP contribution >= 0.6 is 0 Å². The quantitative estimate of drug-likeness (QED) is 0.310. The van der Waals surface area contributed by atoms with Crippen molar-refractivity contribution in [2.75, 3.05) is 18.5 Å². The molecule has 1 fully saturated rings. The number of rotatable bonds is 5. The maximum Gasteiger partial charge on any atom is 0.221 e. The Morgan fingerprint density at radius 2 is 1.64 bits per heavy atom. The SMILES string of the molecule is CC(C)CC[N+]1=C(c2ccccc2)C(=C2C(=O)C(C=C3N(C)c4ccccc4C3(C)C)C2O)c2ccccc21. The zero-order chi connectivity index (χ0) is 27.5. The van der Waals surface area contributed by atoms with Gasteiger partial charge in [-0.1, -0.05) is 82.3 Å². The van der Waals surface area contributed by atoms with Crippen LogP contribution in [-0.4, -0.2) is 40.9 Å². The smallest absolute Gasteiger partial charge is 0.221 e. The molecule has 0 spiro atoms. The van der Waals surface area contributed by atoms with E-state index in [1.807, 2.05) is 36.4 Å². The fourth-order valence-corrected chi connectivity index (χ4v) is 6.55. The average Bonchev–Trinajstić information content (AvgIpc) is 3.35. The van der Waals surface area contributed by atoms with Gasteiger partial charge in [-0.25, -0.2) is 0 Å². The van der Waals surface area contributed by atoms with E-state index in [-0.39, 0.29) is 11.2 Å². The van der Waals surface area contributed by atoms with Crippen molar-refractivity contribution in [2.45, 2.75) is 45.6 Å². The number of carbonyl (C=O) groups excluding carboxylic acids is 1. The van der Waals surface area contributed by atoms with Crippen molar-refractivity contribution in [1.29, 1.82) is 0 Å². The van der Waals surface area contributed by atoms with Gasteiger partial charge in [0.25, 0.3) is 0 Å². The van der Waals surface area contributed by atoms with Crippen LogP contribution in [0.25, 0.3) is 5.57 Å². The van der Waals surface area contributed by atoms with Crippen molar-refractivity contribution >= 4 is 28.4 Å². The molecule has 2 heterocycles. The molecule has 3 aliphatic rings. The number of nitrogens with zero attached hydrogens (tertiary/aromatic N) is 2. The van der Waals surface area contributed by atoms with E-state index in [0.29, 0.717) is 11.5 Å². The number of aliphatic hydroxyl groups is 1. The third-order valence-corrected chi connectivity index (χ3v) is 8.70. The largest absolute Gasteiger partial charge is 0.387 e. The Bertz CT molecular complexity index is 1560. The number of Topliss-reactive ketones (excluding diaryl/α,β-unsaturated/α-hetero) is 1. The highest BCUT2D eigenvalue weighted by atomic mass is 16.3. The number of para-hydroxylation sites is 2. The molecule has 0 radical (unpaired) electrons. The van der Waals surface area contributed by atoms with E-state index in [9.17, 15) is 9.90 Å². The number of hydrogen-bond acceptors (Lipinski definition) is 3. The number of carbonyl (C=O) groups is 1. The number of likely N-dealkylation sites (N-methyl/N-ethyl adjacent to an activating group) is 1. The van der Waals surface area contributed by atoms with E-state index in [1.54, 1.807) is 0 Å². The van der Waals surface area contributed by atoms with Gasteiger partial charge in [0.05, 0.1) is 23.2 Å². The van der Waals surface area contributed by atoms with Crippen molar-refractivity contribution in [3.8, 4) is 0 Å². The summed E-state index contributed by atoms with van der Waals surface area (Å²) in [6, 6.07) is 27.0. The molecule has 2 aliphatic heterocycles. The number of anilines is 1. The van der Waals surface area contributed by atoms with Gasteiger partial charge in [0.2, 0.25) is 11.4 Å². The Morgan fingerprint density at radius 1 is 0.974 bits per heavy atom. The van der Waals surface area contributed by atoms with Crippen molar-refractivity contribution in [3.05, 3.63) is 113 Å². The third-order valence-electron chi connectivity index (χ3n) is 8.70. The number of benzene rings is 3. The summed E-state index contributed by atoms with van der Waals surface area (Å²) in [5.74, 6) is 0.000217. The predicted octanol–water partition coefficient (Wildman–Crippen LogP) is 6.50. The molecule has 4 nitrogen and oxygen atoms in total. The number of ketones is 1. The Morgan fingerprint density at radius 3 is 2.33 bits per heavy atom. The molecule has 1 aliphatic carbocycles. The minimum Gasteiger partial charge on any atom is -0.387 e. The van der Waals surface area contributed by atoms with E-state index in [2.05, 4.69) is 92.7 Å². The molecular weight excluding hydrogens is 480 g/mol. The summed E-state index contributed by atoms with van der Waals surface area (Å²) in [7, 11) is 2.05. The highest BCUT2D eigenvalue weighted by Crippen LogP contribution is 2.50. The van der Waals surface area contributed by atoms with E-state index < -0.39 is 12.0 Å². The lowest BCUT2D eigenvalue weighted by Gasteiger charge is -2.35. The maximum atomic E-state index is 14.0. The van der Waals surface area contributed by atoms with Gasteiger partial charge in [-0.15, -0.1) is 0 Å². The van der Waals surface area contributed by atoms with Crippen LogP contribution < -0.4 is 4.90 Å². The first-order valence-electron chi connectivity index (χ1n) is 14.0. The third kappa shape index (κ3) is 3.92. The van der Waals surface area contributed by atoms with Crippen LogP contribution in [0.3, 0.4) is 0 Å². The van der Waals surface area contributed by atoms with Crippen molar-refractivity contribution < 1.29 is 14.5 Å². The Kier molecular flexibility index (Phi) is 6.19. The lowest BCUT2D eigenvalue weighted by atomic mass is 9.69. The number of aliphatic hydroxyl groups excluding tert-OH is 1. The van der Waals surface area contributed by atoms with E-state index in [4.69, 9.17) is 0 Å². The van der Waals surface area contributed by atoms with Crippen LogP contribution in [-0.2, 0) is 10.2 Å². The lowest BCUT2D eigenvalue weighted by Crippen LogP contribution is -2.46. The first kappa shape index (κ1) is 25.5. The molecule has 0 bridgehead atoms. The van der Waals surface area contributed by atoms with Crippen LogP contribution in [0.15, 0.2) is 96.2 Å². The summed E-state index contributed by atoms with van der Waals surface area (Å²) in [4.78, 5) is 16.2. The van der Waals surface area contributed by atoms with Gasteiger partial charge in [-0.2, -0.15) is 4.58 Å². The van der Waals surface area contributed by atoms with E-state index in [1.165, 1.54) is 5.56 Å². The van der Waals surface area contributed by atoms with Gasteiger partial charge < -0.3 is 10.0 Å². The van der Waals surface area contributed by atoms with Gasteiger partial charge in [0.1, 0.15) is 6.54 Å². The summed E-state index contributed by atoms with van der Waals surface area (Å²) in [5, 5.41) is 11.7. The molecule has 3 aromatic rings. The van der Waals surface area contributed by atoms with Gasteiger partial charge in [0, 0.05) is 47.5 Å². The van der Waals surface area contributed by atoms with Gasteiger partial charge >= 0.3 is 0 Å². The Balaban J connectivity index is 1.47. The Labute approximate surface area is 231 Å². The van der Waals surface area contributed by atoms with Crippen molar-refractivity contribution in [3.63, 3.8) is 0 Å². The molecule has 6 rings (SSSR count). The first-order valence-corrected chi connectivity index (χ1v) is 14.0. The second kappa shape index (κ2) is 9.46. The number of fused-ring (bicyclic) bond motifs is 2. The molecule has 0 amide bonds. The number of hydrogen-bond donors (Lipinski definition) is 1. The molecule has 1 saturated carbocycles. The van der Waals surface area contributed by atoms with Crippen LogP contribution in [0.2, 0.25) is 0 Å². The van der Waals surface area contributed by atoms with Crippen molar-refractivity contribution in [2.24, 2.45) is 11.8 Å². The zero-order valence-corrected chi connectivity index (χ0v) is 23.5. The van der Waals surface area contributed by atoms with Gasteiger partial charge in [0.15, 0.2) is 5.78 Å². The van der Waals surface area contributed by atoms with Crippen LogP contribution in [0, 0.1) is 11.8 Å². The molecule has 3 aromatic carbocycles. The molecule has 0 aromatic heterocycles. The topological polar surface area (TPSA) is 43.5 Å². The standard InChI is InChI=1S/C35H37N2O2/c1-22(2)19-20-37-27-17-11-9-15-24(27)30(32(37)23-13-7-6-8-14-23)31-33(38)25(34(31)39)21-29-35(3,4)26-16-10-12-18-28(26)36(29)5/h6-18,21-22,25,33,38H,19-20H2,1-5H3/q+1. The monoisotopic (exact) mass is 517 g/mol. The van der Waals surface area contributed by atoms with Crippen molar-refractivity contribution in [1.82, 2.24) is 0 Å². The molecule has 1 N–H and O–H groups in total. The molecule has 198 valence electrons. The maximum absolute atomic E-state index is 14.0. The predicted molar refractivity (Wildman–Crippen MR) is 159 cm³/mol. The highest BCUT2D eigenvalue weighted by molar-refractivity contribution is 6.37. The normalized spacial score (nSPS) is 24.4. The molecule has 4 heteroatoms. The van der Waals surface area contributed by atoms with Gasteiger partial charge in [-0.3, -0.25) is 4.79 Å². The summed E-state index contributed by atoms with van der Waals surface area (Å²) in [5.41, 5.74) is 8.84. The molecule has 39 heavy (non-hydrogen) atoms. The van der Waals surface area contributed by atoms with E-state index >= 15 is 0 Å². The Hall–Kier alpha value is -3.76. The molecule has 0 saturated heterocycles. The summed E-state index contributed by atoms with van der Waals surface area (Å²) in [6.07, 6.45) is 2.18. The number of allylic oxidation sites excluding steroid dienone is 2. The minimum atomic E-state index is -0.857. The van der Waals surface area contributed by atoms with Crippen LogP contribution in [0.1, 0.15) is 50.8 Å². The average molecular weight is 518 g/mol. The first-order chi connectivity index (χ1) is 18.7. The van der Waals surface area contributed by atoms with E-state index in [0.717, 1.165) is 52.4 Å². The fraction of sp³-hybridized carbons (Fsp3) is 0.314. The summed E-state index contributed by atoms with van der Waals surface area (Å²) >= 11 is 0. The molecule has 2 unspecified atom stereocenters. The summed E-state index contributed by atoms with van der Waals surface area (Å²) < 4.78 is 2.35. The second-order valence-electron chi connectivity index (χ2n) is 11.9. The molecule has 2 atom stereocenters. The van der Waals surface area contributed by atoms with Crippen LogP contribution in [0.5, 0.6) is 0 Å². The van der Waals surface area contributed by atoms with Gasteiger partial charge in [-0.05, 0) is 35.7 Å². The zero-order valence-electron chi connectivity index (χ0n) is 23.5. The molecular formula is C35H37N2O2+. The van der Waals surface area contributed by atoms with Crippen LogP contribution in [0.4, 0.5) is 11.4 Å². The second-order valence-corrected chi connectivity index (χ2v) is 11.9. The lowest BCUT2D eigenvalue weighted by molar-refractivity contribution is -0.438. The fourth-order valence-electron chi connectivity index (χ4n) is 6.55. The summed E-state index contributed by atoms with van der Waals surface area (Å²) in [6.45, 7) is 9.71.